The lowest BCUT2D eigenvalue weighted by Gasteiger charge is -2.09. The molecule has 4 rings (SSSR count). The van der Waals surface area contributed by atoms with Crippen molar-refractivity contribution in [2.45, 2.75) is 26.6 Å². The second-order valence-electron chi connectivity index (χ2n) is 7.15. The Morgan fingerprint density at radius 2 is 1.94 bits per heavy atom. The van der Waals surface area contributed by atoms with Crippen LogP contribution in [0.15, 0.2) is 54.9 Å². The van der Waals surface area contributed by atoms with Crippen LogP contribution in [0.25, 0.3) is 22.3 Å². The van der Waals surface area contributed by atoms with Gasteiger partial charge in [0.2, 0.25) is 0 Å². The first-order chi connectivity index (χ1) is 16.0. The quantitative estimate of drug-likeness (QED) is 0.314. The van der Waals surface area contributed by atoms with Gasteiger partial charge in [0, 0.05) is 23.3 Å². The number of carboxylic acid groups (broad SMARTS) is 1. The number of nitrogens with two attached hydrogens (primary N) is 1. The van der Waals surface area contributed by atoms with Crippen LogP contribution in [0.1, 0.15) is 28.5 Å². The minimum atomic E-state index is -4.68. The Balaban J connectivity index is 0.000000191. The van der Waals surface area contributed by atoms with Gasteiger partial charge in [-0.3, -0.25) is 4.68 Å². The highest BCUT2D eigenvalue weighted by Gasteiger charge is 2.31. The zero-order valence-corrected chi connectivity index (χ0v) is 18.1. The average Bonchev–Trinajstić information content (AvgIpc) is 3.07. The van der Waals surface area contributed by atoms with Crippen LogP contribution in [-0.4, -0.2) is 32.1 Å². The summed E-state index contributed by atoms with van der Waals surface area (Å²) < 4.78 is 54.5. The molecule has 4 aromatic rings. The van der Waals surface area contributed by atoms with Gasteiger partial charge in [0.25, 0.3) is 0 Å². The fourth-order valence-electron chi connectivity index (χ4n) is 3.23. The molecule has 0 aliphatic carbocycles. The molecule has 7 nitrogen and oxygen atoms in total. The summed E-state index contributed by atoms with van der Waals surface area (Å²) in [6, 6.07) is 9.95. The fraction of sp³-hybridized carbons (Fsp3) is 0.174. The Morgan fingerprint density at radius 1 is 1.21 bits per heavy atom. The molecule has 0 saturated heterocycles. The Bertz CT molecular complexity index is 1340. The summed E-state index contributed by atoms with van der Waals surface area (Å²) in [6.45, 7) is 3.49. The predicted molar refractivity (Wildman–Crippen MR) is 117 cm³/mol. The van der Waals surface area contributed by atoms with Crippen molar-refractivity contribution in [3.05, 3.63) is 77.5 Å². The van der Waals surface area contributed by atoms with Crippen molar-refractivity contribution in [2.24, 2.45) is 0 Å². The van der Waals surface area contributed by atoms with Gasteiger partial charge in [-0.25, -0.2) is 19.2 Å². The number of nitrogens with zero attached hydrogens (tertiary/aromatic N) is 3. The van der Waals surface area contributed by atoms with Gasteiger partial charge in [-0.05, 0) is 49.2 Å². The highest BCUT2D eigenvalue weighted by Crippen LogP contribution is 2.29. The molecule has 0 atom stereocenters. The number of carboxylic acids is 1. The van der Waals surface area contributed by atoms with Crippen LogP contribution in [0.3, 0.4) is 0 Å². The molecule has 0 aliphatic rings. The fourth-order valence-corrected chi connectivity index (χ4v) is 3.23. The van der Waals surface area contributed by atoms with E-state index in [4.69, 9.17) is 10.9 Å². The highest BCUT2D eigenvalue weighted by molar-refractivity contribution is 5.88. The van der Waals surface area contributed by atoms with E-state index in [-0.39, 0.29) is 17.1 Å². The normalized spacial score (nSPS) is 11.1. The van der Waals surface area contributed by atoms with E-state index in [9.17, 15) is 22.4 Å². The van der Waals surface area contributed by atoms with Crippen molar-refractivity contribution in [1.29, 1.82) is 0 Å². The molecular formula is C23H20F4N4O3. The van der Waals surface area contributed by atoms with Gasteiger partial charge in [-0.2, -0.15) is 0 Å². The highest BCUT2D eigenvalue weighted by atomic mass is 19.4. The summed E-state index contributed by atoms with van der Waals surface area (Å²) in [5, 5.41) is 9.51. The van der Waals surface area contributed by atoms with Gasteiger partial charge in [-0.1, -0.05) is 19.1 Å². The number of aryl methyl sites for hydroxylation is 2. The molecule has 3 N–H and O–H groups in total. The third kappa shape index (κ3) is 5.80. The number of benzene rings is 2. The maximum atomic E-state index is 13.0. The number of alkyl halides is 3. The molecule has 178 valence electrons. The Kier molecular flexibility index (Phi) is 7.04. The molecule has 2 heterocycles. The average molecular weight is 476 g/mol. The standard InChI is InChI=1S/C12H9FN2O2.C11H11F3N2O/c1-7-10(12(16)17)6-14-11(15-7)8-3-2-4-9(13)5-8;1-2-7-6-16(15)10-4-3-8(5-9(7)10)17-11(12,13)14/h2-6H,1H3,(H,16,17);3-6H,2,15H2,1H3. The molecule has 0 unspecified atom stereocenters. The Morgan fingerprint density at radius 3 is 2.53 bits per heavy atom. The predicted octanol–water partition coefficient (Wildman–Crippen LogP) is 5.11. The number of aromatic carboxylic acids is 1. The SMILES string of the molecule is CCc1cn(N)c2ccc(OC(F)(F)F)cc12.Cc1nc(-c2cccc(F)c2)ncc1C(=O)O. The van der Waals surface area contributed by atoms with Crippen LogP contribution in [-0.2, 0) is 6.42 Å². The first-order valence-corrected chi connectivity index (χ1v) is 9.96. The van der Waals surface area contributed by atoms with Gasteiger partial charge in [0.05, 0.1) is 16.8 Å². The van der Waals surface area contributed by atoms with E-state index in [0.717, 1.165) is 5.56 Å². The summed E-state index contributed by atoms with van der Waals surface area (Å²) in [4.78, 5) is 18.7. The molecule has 0 fully saturated rings. The van der Waals surface area contributed by atoms with E-state index in [2.05, 4.69) is 14.7 Å². The van der Waals surface area contributed by atoms with Crippen molar-refractivity contribution in [3.8, 4) is 17.1 Å². The lowest BCUT2D eigenvalue weighted by molar-refractivity contribution is -0.274. The molecule has 2 aromatic heterocycles. The van der Waals surface area contributed by atoms with Gasteiger partial charge in [0.15, 0.2) is 5.82 Å². The van der Waals surface area contributed by atoms with E-state index in [1.165, 1.54) is 41.2 Å². The summed E-state index contributed by atoms with van der Waals surface area (Å²) >= 11 is 0. The minimum absolute atomic E-state index is 0.0464. The molecule has 0 amide bonds. The first-order valence-electron chi connectivity index (χ1n) is 9.96. The van der Waals surface area contributed by atoms with Gasteiger partial charge in [-0.15, -0.1) is 13.2 Å². The number of fused-ring (bicyclic) bond motifs is 1. The van der Waals surface area contributed by atoms with Crippen molar-refractivity contribution in [1.82, 2.24) is 14.6 Å². The van der Waals surface area contributed by atoms with Crippen LogP contribution >= 0.6 is 0 Å². The second kappa shape index (κ2) is 9.77. The number of carbonyl (C=O) groups is 1. The number of nitrogen functional groups attached to an aromatic ring is 1. The monoisotopic (exact) mass is 476 g/mol. The van der Waals surface area contributed by atoms with E-state index in [1.54, 1.807) is 25.3 Å². The zero-order chi connectivity index (χ0) is 25.0. The van der Waals surface area contributed by atoms with E-state index < -0.39 is 12.3 Å². The third-order valence-corrected chi connectivity index (χ3v) is 4.79. The van der Waals surface area contributed by atoms with Crippen LogP contribution in [0.5, 0.6) is 5.75 Å². The first kappa shape index (κ1) is 24.5. The Labute approximate surface area is 191 Å². The van der Waals surface area contributed by atoms with Gasteiger partial charge < -0.3 is 15.7 Å². The lowest BCUT2D eigenvalue weighted by atomic mass is 10.1. The van der Waals surface area contributed by atoms with Crippen molar-refractivity contribution >= 4 is 16.9 Å². The van der Waals surface area contributed by atoms with Crippen molar-refractivity contribution in [3.63, 3.8) is 0 Å². The smallest absolute Gasteiger partial charge is 0.478 e. The number of aromatic nitrogens is 3. The largest absolute Gasteiger partial charge is 0.573 e. The van der Waals surface area contributed by atoms with E-state index >= 15 is 0 Å². The molecule has 11 heteroatoms. The van der Waals surface area contributed by atoms with Crippen LogP contribution in [0, 0.1) is 12.7 Å². The maximum absolute atomic E-state index is 13.0. The number of hydrogen-bond donors (Lipinski definition) is 2. The van der Waals surface area contributed by atoms with E-state index in [1.807, 2.05) is 6.92 Å². The Hall–Kier alpha value is -4.15. The molecule has 0 aliphatic heterocycles. The van der Waals surface area contributed by atoms with Crippen LogP contribution < -0.4 is 10.6 Å². The number of hydrogen-bond acceptors (Lipinski definition) is 5. The minimum Gasteiger partial charge on any atom is -0.478 e. The molecule has 0 saturated carbocycles. The maximum Gasteiger partial charge on any atom is 0.573 e. The van der Waals surface area contributed by atoms with Crippen LogP contribution in [0.2, 0.25) is 0 Å². The second-order valence-corrected chi connectivity index (χ2v) is 7.15. The number of halogens is 4. The van der Waals surface area contributed by atoms with Gasteiger partial charge >= 0.3 is 12.3 Å². The van der Waals surface area contributed by atoms with E-state index in [0.29, 0.717) is 34.4 Å². The molecule has 2 aromatic carbocycles. The number of ether oxygens (including phenoxy) is 1. The third-order valence-electron chi connectivity index (χ3n) is 4.79. The topological polar surface area (TPSA) is 103 Å². The summed E-state index contributed by atoms with van der Waals surface area (Å²) in [5.41, 5.74) is 2.48. The molecule has 34 heavy (non-hydrogen) atoms. The van der Waals surface area contributed by atoms with Gasteiger partial charge in [0.1, 0.15) is 11.6 Å². The zero-order valence-electron chi connectivity index (χ0n) is 18.1. The lowest BCUT2D eigenvalue weighted by Crippen LogP contribution is -2.17. The molecule has 0 bridgehead atoms. The summed E-state index contributed by atoms with van der Waals surface area (Å²) in [5.74, 6) is 4.31. The summed E-state index contributed by atoms with van der Waals surface area (Å²) in [7, 11) is 0. The number of rotatable bonds is 4. The molecular weight excluding hydrogens is 456 g/mol. The van der Waals surface area contributed by atoms with Crippen molar-refractivity contribution in [2.75, 3.05) is 5.84 Å². The van der Waals surface area contributed by atoms with Crippen LogP contribution in [0.4, 0.5) is 17.6 Å². The summed E-state index contributed by atoms with van der Waals surface area (Å²) in [6.07, 6.45) is -1.06. The molecule has 0 spiro atoms. The van der Waals surface area contributed by atoms with Crippen molar-refractivity contribution < 1.29 is 32.2 Å². The molecule has 0 radical (unpaired) electrons.